The number of nitriles is 1. The molecule has 1 amide bonds. The number of pyridine rings is 1. The van der Waals surface area contributed by atoms with Crippen LogP contribution in [0.4, 0.5) is 19.0 Å². The van der Waals surface area contributed by atoms with Gasteiger partial charge in [-0.1, -0.05) is 0 Å². The molecular formula is C25H21F3N6O. The maximum absolute atomic E-state index is 13.9. The Bertz CT molecular complexity index is 1270. The highest BCUT2D eigenvalue weighted by molar-refractivity contribution is 6.01. The molecule has 1 aromatic carbocycles. The van der Waals surface area contributed by atoms with E-state index in [2.05, 4.69) is 26.3 Å². The standard InChI is InChI=1S/C25H21F3N6O/c26-25(27,28)17-3-5-22(32-13-17)33-14-19-10-16-8-18(9-16)34(19)24(35)21-11-15(12-29)2-4-20(21)23-30-6-1-7-31-23/h1-7,11,13,16,18-19H,8-10,14H2,(H,32,33). The average Bonchev–Trinajstić information content (AvgIpc) is 2.86. The monoisotopic (exact) mass is 478 g/mol. The Morgan fingerprint density at radius 1 is 1.11 bits per heavy atom. The summed E-state index contributed by atoms with van der Waals surface area (Å²) in [6, 6.07) is 10.8. The van der Waals surface area contributed by atoms with Gasteiger partial charge in [0, 0.05) is 42.8 Å². The van der Waals surface area contributed by atoms with Crippen LogP contribution in [-0.4, -0.2) is 44.4 Å². The van der Waals surface area contributed by atoms with Crippen molar-refractivity contribution in [3.8, 4) is 17.5 Å². The van der Waals surface area contributed by atoms with Crippen molar-refractivity contribution < 1.29 is 18.0 Å². The van der Waals surface area contributed by atoms with E-state index in [1.165, 1.54) is 6.07 Å². The van der Waals surface area contributed by atoms with Gasteiger partial charge in [0.15, 0.2) is 5.82 Å². The van der Waals surface area contributed by atoms with E-state index in [0.29, 0.717) is 40.8 Å². The number of carbonyl (C=O) groups excluding carboxylic acids is 1. The number of nitrogens with one attached hydrogen (secondary N) is 1. The zero-order valence-electron chi connectivity index (χ0n) is 18.5. The van der Waals surface area contributed by atoms with Crippen LogP contribution in [0.15, 0.2) is 55.0 Å². The lowest BCUT2D eigenvalue weighted by Crippen LogP contribution is -2.60. The van der Waals surface area contributed by atoms with Crippen LogP contribution in [0.2, 0.25) is 0 Å². The summed E-state index contributed by atoms with van der Waals surface area (Å²) in [6.45, 7) is 0.353. The highest BCUT2D eigenvalue weighted by atomic mass is 19.4. The van der Waals surface area contributed by atoms with Crippen LogP contribution in [0.1, 0.15) is 40.7 Å². The number of carbonyl (C=O) groups is 1. The lowest BCUT2D eigenvalue weighted by molar-refractivity contribution is -0.137. The molecule has 1 unspecified atom stereocenters. The fraction of sp³-hybridized carbons (Fsp3) is 0.320. The Kier molecular flexibility index (Phi) is 5.84. The van der Waals surface area contributed by atoms with Crippen molar-refractivity contribution in [3.05, 3.63) is 71.7 Å². The van der Waals surface area contributed by atoms with Gasteiger partial charge >= 0.3 is 6.18 Å². The highest BCUT2D eigenvalue weighted by Crippen LogP contribution is 2.44. The minimum absolute atomic E-state index is 0.0731. The van der Waals surface area contributed by atoms with Crippen molar-refractivity contribution >= 4 is 11.7 Å². The largest absolute Gasteiger partial charge is 0.417 e. The molecule has 1 aliphatic carbocycles. The molecule has 7 nitrogen and oxygen atoms in total. The number of aromatic nitrogens is 3. The van der Waals surface area contributed by atoms with Crippen molar-refractivity contribution in [1.82, 2.24) is 19.9 Å². The molecule has 3 fully saturated rings. The summed E-state index contributed by atoms with van der Waals surface area (Å²) in [5, 5.41) is 12.5. The second-order valence-electron chi connectivity index (χ2n) is 8.85. The zero-order chi connectivity index (χ0) is 24.6. The van der Waals surface area contributed by atoms with Crippen molar-refractivity contribution in [2.45, 2.75) is 37.5 Å². The van der Waals surface area contributed by atoms with Gasteiger partial charge in [-0.2, -0.15) is 18.4 Å². The topological polar surface area (TPSA) is 94.8 Å². The fourth-order valence-corrected chi connectivity index (χ4v) is 4.88. The Labute approximate surface area is 199 Å². The highest BCUT2D eigenvalue weighted by Gasteiger charge is 2.46. The summed E-state index contributed by atoms with van der Waals surface area (Å²) >= 11 is 0. The second kappa shape index (κ2) is 8.98. The quantitative estimate of drug-likeness (QED) is 0.579. The summed E-state index contributed by atoms with van der Waals surface area (Å²) in [5.74, 6) is 1.01. The van der Waals surface area contributed by atoms with Crippen LogP contribution < -0.4 is 5.32 Å². The minimum Gasteiger partial charge on any atom is -0.368 e. The number of fused-ring (bicyclic) bond motifs is 2. The number of rotatable bonds is 5. The Morgan fingerprint density at radius 3 is 2.54 bits per heavy atom. The lowest BCUT2D eigenvalue weighted by atomic mass is 9.70. The summed E-state index contributed by atoms with van der Waals surface area (Å²) in [5.41, 5.74) is 0.456. The van der Waals surface area contributed by atoms with Crippen LogP contribution in [-0.2, 0) is 6.18 Å². The number of halogens is 3. The van der Waals surface area contributed by atoms with Gasteiger partial charge in [0.1, 0.15) is 5.82 Å². The predicted octanol–water partition coefficient (Wildman–Crippen LogP) is 4.53. The lowest BCUT2D eigenvalue weighted by Gasteiger charge is -2.53. The average molecular weight is 478 g/mol. The number of amides is 1. The molecule has 1 N–H and O–H groups in total. The third kappa shape index (κ3) is 4.54. The zero-order valence-corrected chi connectivity index (χ0v) is 18.5. The van der Waals surface area contributed by atoms with Crippen LogP contribution in [0.5, 0.6) is 0 Å². The molecule has 3 aliphatic rings. The molecule has 2 aliphatic heterocycles. The van der Waals surface area contributed by atoms with Crippen LogP contribution in [0, 0.1) is 17.2 Å². The molecule has 0 spiro atoms. The molecule has 178 valence electrons. The summed E-state index contributed by atoms with van der Waals surface area (Å²) in [6.07, 6.45) is 2.14. The first-order valence-corrected chi connectivity index (χ1v) is 11.2. The third-order valence-electron chi connectivity index (χ3n) is 6.63. The van der Waals surface area contributed by atoms with Gasteiger partial charge in [-0.15, -0.1) is 0 Å². The Hall–Kier alpha value is -4.00. The van der Waals surface area contributed by atoms with Crippen molar-refractivity contribution in [1.29, 1.82) is 5.26 Å². The normalized spacial score (nSPS) is 21.1. The van der Waals surface area contributed by atoms with Gasteiger partial charge in [0.25, 0.3) is 5.91 Å². The van der Waals surface area contributed by atoms with Gasteiger partial charge in [0.05, 0.1) is 22.8 Å². The molecule has 4 heterocycles. The van der Waals surface area contributed by atoms with E-state index in [1.807, 2.05) is 4.90 Å². The molecule has 1 saturated carbocycles. The summed E-state index contributed by atoms with van der Waals surface area (Å²) in [7, 11) is 0. The number of hydrogen-bond donors (Lipinski definition) is 1. The fourth-order valence-electron chi connectivity index (χ4n) is 4.88. The van der Waals surface area contributed by atoms with Gasteiger partial charge in [-0.05, 0) is 61.6 Å². The van der Waals surface area contributed by atoms with E-state index in [0.717, 1.165) is 31.5 Å². The number of hydrogen-bond acceptors (Lipinski definition) is 6. The van der Waals surface area contributed by atoms with Gasteiger partial charge in [-0.25, -0.2) is 15.0 Å². The molecule has 2 bridgehead atoms. The maximum Gasteiger partial charge on any atom is 0.417 e. The molecule has 3 aromatic rings. The summed E-state index contributed by atoms with van der Waals surface area (Å²) < 4.78 is 38.5. The molecular weight excluding hydrogens is 457 g/mol. The molecule has 1 atom stereocenters. The van der Waals surface area contributed by atoms with Crippen molar-refractivity contribution in [3.63, 3.8) is 0 Å². The van der Waals surface area contributed by atoms with Gasteiger partial charge in [-0.3, -0.25) is 4.79 Å². The van der Waals surface area contributed by atoms with E-state index in [4.69, 9.17) is 0 Å². The van der Waals surface area contributed by atoms with E-state index < -0.39 is 11.7 Å². The first-order chi connectivity index (χ1) is 16.8. The van der Waals surface area contributed by atoms with Crippen molar-refractivity contribution in [2.75, 3.05) is 11.9 Å². The number of nitrogens with zero attached hydrogens (tertiary/aromatic N) is 5. The van der Waals surface area contributed by atoms with E-state index in [-0.39, 0.29) is 18.0 Å². The second-order valence-corrected chi connectivity index (χ2v) is 8.85. The maximum atomic E-state index is 13.9. The number of benzene rings is 1. The Balaban J connectivity index is 1.40. The molecule has 6 rings (SSSR count). The predicted molar refractivity (Wildman–Crippen MR) is 121 cm³/mol. The Morgan fingerprint density at radius 2 is 1.89 bits per heavy atom. The first kappa shape index (κ1) is 22.8. The van der Waals surface area contributed by atoms with Crippen molar-refractivity contribution in [2.24, 2.45) is 5.92 Å². The number of anilines is 1. The van der Waals surface area contributed by atoms with E-state index in [1.54, 1.807) is 36.7 Å². The smallest absolute Gasteiger partial charge is 0.368 e. The third-order valence-corrected chi connectivity index (χ3v) is 6.63. The number of alkyl halides is 3. The molecule has 0 radical (unpaired) electrons. The van der Waals surface area contributed by atoms with Crippen LogP contribution in [0.3, 0.4) is 0 Å². The van der Waals surface area contributed by atoms with Crippen LogP contribution in [0.25, 0.3) is 11.4 Å². The van der Waals surface area contributed by atoms with Gasteiger partial charge in [0.2, 0.25) is 0 Å². The SMILES string of the molecule is N#Cc1ccc(-c2ncccn2)c(C(=O)N2C(CNc3ccc(C(F)(F)F)cn3)CC3CC2C3)c1. The molecule has 10 heteroatoms. The molecule has 35 heavy (non-hydrogen) atoms. The molecule has 2 saturated heterocycles. The van der Waals surface area contributed by atoms with Crippen LogP contribution >= 0.6 is 0 Å². The van der Waals surface area contributed by atoms with E-state index in [9.17, 15) is 23.2 Å². The minimum atomic E-state index is -4.45. The number of piperidine rings is 2. The van der Waals surface area contributed by atoms with E-state index >= 15 is 0 Å². The summed E-state index contributed by atoms with van der Waals surface area (Å²) in [4.78, 5) is 28.1. The molecule has 2 aromatic heterocycles. The first-order valence-electron chi connectivity index (χ1n) is 11.2. The van der Waals surface area contributed by atoms with Gasteiger partial charge < -0.3 is 10.2 Å².